The first kappa shape index (κ1) is 18.1. The first-order chi connectivity index (χ1) is 11.8. The Kier molecular flexibility index (Phi) is 4.96. The molecule has 0 spiro atoms. The molecule has 0 unspecified atom stereocenters. The van der Waals surface area contributed by atoms with Crippen molar-refractivity contribution >= 4 is 34.1 Å². The fraction of sp³-hybridized carbons (Fsp3) is 0.316. The van der Waals surface area contributed by atoms with Gasteiger partial charge in [0, 0.05) is 31.0 Å². The number of rotatable bonds is 5. The Labute approximate surface area is 157 Å². The molecule has 0 saturated carbocycles. The smallest absolute Gasteiger partial charge is 0.260 e. The zero-order valence-corrected chi connectivity index (χ0v) is 16.0. The number of likely N-dealkylation sites (N-methyl/N-ethyl adjacent to an activating group) is 1. The van der Waals surface area contributed by atoms with Gasteiger partial charge in [-0.15, -0.1) is 0 Å². The molecule has 132 valence electrons. The van der Waals surface area contributed by atoms with Crippen LogP contribution in [0.3, 0.4) is 0 Å². The van der Waals surface area contributed by atoms with Crippen molar-refractivity contribution in [3.8, 4) is 0 Å². The van der Waals surface area contributed by atoms with Crippen LogP contribution in [0.2, 0.25) is 10.0 Å². The summed E-state index contributed by atoms with van der Waals surface area (Å²) >= 11 is 12.1. The number of aromatic nitrogens is 2. The maximum absolute atomic E-state index is 12.8. The van der Waals surface area contributed by atoms with Crippen LogP contribution < -0.4 is 10.9 Å². The second-order valence-corrected chi connectivity index (χ2v) is 7.69. The number of nitrogens with zero attached hydrogens (tertiary/aromatic N) is 2. The van der Waals surface area contributed by atoms with Crippen molar-refractivity contribution in [3.05, 3.63) is 68.7 Å². The maximum Gasteiger partial charge on any atom is 0.260 e. The van der Waals surface area contributed by atoms with Gasteiger partial charge in [-0.3, -0.25) is 4.79 Å². The van der Waals surface area contributed by atoms with Gasteiger partial charge in [-0.05, 0) is 50.7 Å². The van der Waals surface area contributed by atoms with E-state index >= 15 is 0 Å². The first-order valence-corrected chi connectivity index (χ1v) is 8.87. The second kappa shape index (κ2) is 6.87. The van der Waals surface area contributed by atoms with Gasteiger partial charge in [-0.25, -0.2) is 0 Å². The highest BCUT2D eigenvalue weighted by molar-refractivity contribution is 6.42. The molecule has 1 N–H and O–H groups in total. The topological polar surface area (TPSA) is 39.0 Å². The summed E-state index contributed by atoms with van der Waals surface area (Å²) < 4.78 is 3.80. The number of hydrogen-bond acceptors (Lipinski definition) is 2. The molecule has 0 bridgehead atoms. The lowest BCUT2D eigenvalue weighted by Crippen LogP contribution is -2.42. The van der Waals surface area contributed by atoms with E-state index in [0.717, 1.165) is 16.5 Å². The quantitative estimate of drug-likeness (QED) is 0.724. The van der Waals surface area contributed by atoms with Crippen LogP contribution in [0, 0.1) is 0 Å². The molecule has 0 aliphatic heterocycles. The Balaban J connectivity index is 1.95. The van der Waals surface area contributed by atoms with Gasteiger partial charge >= 0.3 is 0 Å². The van der Waals surface area contributed by atoms with E-state index in [-0.39, 0.29) is 11.1 Å². The van der Waals surface area contributed by atoms with Crippen molar-refractivity contribution in [1.29, 1.82) is 0 Å². The standard InChI is InChI=1S/C19H21Cl2N3O/c1-19(2,22-3)12-24-9-7-17-14(18(24)25)6-8-23(17)11-13-4-5-15(20)16(21)10-13/h4-10,22H,11-12H2,1-3H3. The van der Waals surface area contributed by atoms with Crippen LogP contribution >= 0.6 is 23.2 Å². The molecule has 0 saturated heterocycles. The van der Waals surface area contributed by atoms with Crippen molar-refractivity contribution < 1.29 is 0 Å². The normalized spacial score (nSPS) is 12.0. The molecular weight excluding hydrogens is 357 g/mol. The predicted octanol–water partition coefficient (Wildman–Crippen LogP) is 4.16. The lowest BCUT2D eigenvalue weighted by atomic mass is 10.1. The summed E-state index contributed by atoms with van der Waals surface area (Å²) in [5.41, 5.74) is 1.82. The SMILES string of the molecule is CNC(C)(C)Cn1ccc2c(ccn2Cc2ccc(Cl)c(Cl)c2)c1=O. The van der Waals surface area contributed by atoms with Gasteiger partial charge < -0.3 is 14.5 Å². The van der Waals surface area contributed by atoms with Crippen LogP contribution in [0.25, 0.3) is 10.9 Å². The molecule has 4 nitrogen and oxygen atoms in total. The van der Waals surface area contributed by atoms with Crippen molar-refractivity contribution in [3.63, 3.8) is 0 Å². The van der Waals surface area contributed by atoms with Crippen LogP contribution in [0.15, 0.2) is 47.5 Å². The number of benzene rings is 1. The summed E-state index contributed by atoms with van der Waals surface area (Å²) in [6, 6.07) is 9.44. The third kappa shape index (κ3) is 3.76. The highest BCUT2D eigenvalue weighted by Gasteiger charge is 2.17. The Bertz CT molecular complexity index is 972. The van der Waals surface area contributed by atoms with E-state index in [9.17, 15) is 4.79 Å². The average molecular weight is 378 g/mol. The highest BCUT2D eigenvalue weighted by Crippen LogP contribution is 2.24. The molecule has 2 aromatic heterocycles. The number of halogens is 2. The van der Waals surface area contributed by atoms with Crippen LogP contribution in [0.5, 0.6) is 0 Å². The molecule has 1 aromatic carbocycles. The summed E-state index contributed by atoms with van der Waals surface area (Å²) in [4.78, 5) is 12.8. The minimum atomic E-state index is -0.153. The fourth-order valence-corrected chi connectivity index (χ4v) is 3.16. The molecule has 25 heavy (non-hydrogen) atoms. The highest BCUT2D eigenvalue weighted by atomic mass is 35.5. The largest absolute Gasteiger partial charge is 0.343 e. The van der Waals surface area contributed by atoms with Crippen LogP contribution in [-0.2, 0) is 13.1 Å². The van der Waals surface area contributed by atoms with Crippen molar-refractivity contribution in [2.24, 2.45) is 0 Å². The minimum absolute atomic E-state index is 0.0220. The number of fused-ring (bicyclic) bond motifs is 1. The lowest BCUT2D eigenvalue weighted by molar-refractivity contribution is 0.358. The maximum atomic E-state index is 12.8. The fourth-order valence-electron chi connectivity index (χ4n) is 2.84. The van der Waals surface area contributed by atoms with E-state index in [4.69, 9.17) is 23.2 Å². The molecule has 0 fully saturated rings. The molecule has 3 rings (SSSR count). The second-order valence-electron chi connectivity index (χ2n) is 6.87. The Morgan fingerprint density at radius 2 is 1.76 bits per heavy atom. The van der Waals surface area contributed by atoms with Crippen LogP contribution in [0.1, 0.15) is 19.4 Å². The van der Waals surface area contributed by atoms with Gasteiger partial charge in [0.15, 0.2) is 0 Å². The van der Waals surface area contributed by atoms with Crippen LogP contribution in [-0.4, -0.2) is 21.7 Å². The summed E-state index contributed by atoms with van der Waals surface area (Å²) in [5, 5.41) is 5.02. The number of nitrogens with one attached hydrogen (secondary N) is 1. The summed E-state index contributed by atoms with van der Waals surface area (Å²) in [7, 11) is 1.90. The van der Waals surface area contributed by atoms with Gasteiger partial charge in [0.25, 0.3) is 5.56 Å². The molecule has 6 heteroatoms. The number of pyridine rings is 1. The molecular formula is C19H21Cl2N3O. The first-order valence-electron chi connectivity index (χ1n) is 8.12. The molecule has 0 aliphatic rings. The molecule has 0 amide bonds. The molecule has 3 aromatic rings. The molecule has 0 atom stereocenters. The number of hydrogen-bond donors (Lipinski definition) is 1. The third-order valence-electron chi connectivity index (χ3n) is 4.49. The van der Waals surface area contributed by atoms with Crippen molar-refractivity contribution in [2.45, 2.75) is 32.5 Å². The Morgan fingerprint density at radius 1 is 1.04 bits per heavy atom. The summed E-state index contributed by atoms with van der Waals surface area (Å²) in [5.74, 6) is 0. The van der Waals surface area contributed by atoms with Crippen molar-refractivity contribution in [1.82, 2.24) is 14.5 Å². The van der Waals surface area contributed by atoms with Gasteiger partial charge in [0.05, 0.1) is 20.9 Å². The van der Waals surface area contributed by atoms with Crippen LogP contribution in [0.4, 0.5) is 0 Å². The predicted molar refractivity (Wildman–Crippen MR) is 105 cm³/mol. The monoisotopic (exact) mass is 377 g/mol. The minimum Gasteiger partial charge on any atom is -0.343 e. The van der Waals surface area contributed by atoms with E-state index < -0.39 is 0 Å². The zero-order valence-electron chi connectivity index (χ0n) is 14.5. The van der Waals surface area contributed by atoms with Gasteiger partial charge in [-0.1, -0.05) is 29.3 Å². The Hall–Kier alpha value is -1.75. The van der Waals surface area contributed by atoms with E-state index in [0.29, 0.717) is 23.1 Å². The Morgan fingerprint density at radius 3 is 2.44 bits per heavy atom. The molecule has 2 heterocycles. The molecule has 0 aliphatic carbocycles. The van der Waals surface area contributed by atoms with E-state index in [1.54, 1.807) is 10.6 Å². The lowest BCUT2D eigenvalue weighted by Gasteiger charge is -2.25. The van der Waals surface area contributed by atoms with Gasteiger partial charge in [0.1, 0.15) is 0 Å². The van der Waals surface area contributed by atoms with Gasteiger partial charge in [-0.2, -0.15) is 0 Å². The van der Waals surface area contributed by atoms with Gasteiger partial charge in [0.2, 0.25) is 0 Å². The third-order valence-corrected chi connectivity index (χ3v) is 5.23. The zero-order chi connectivity index (χ0) is 18.2. The van der Waals surface area contributed by atoms with E-state index in [1.807, 2.05) is 48.3 Å². The van der Waals surface area contributed by atoms with E-state index in [1.165, 1.54) is 0 Å². The van der Waals surface area contributed by atoms with E-state index in [2.05, 4.69) is 19.2 Å². The molecule has 0 radical (unpaired) electrons. The van der Waals surface area contributed by atoms with Crippen molar-refractivity contribution in [2.75, 3.05) is 7.05 Å². The average Bonchev–Trinajstić information content (AvgIpc) is 2.97. The summed E-state index contributed by atoms with van der Waals surface area (Å²) in [6.07, 6.45) is 3.79. The summed E-state index contributed by atoms with van der Waals surface area (Å²) in [6.45, 7) is 5.38.